The monoisotopic (exact) mass is 398 g/mol. The number of nitrogens with zero attached hydrogens (tertiary/aromatic N) is 2. The summed E-state index contributed by atoms with van der Waals surface area (Å²) in [5, 5.41) is 0.708. The quantitative estimate of drug-likeness (QED) is 0.692. The van der Waals surface area contributed by atoms with Crippen molar-refractivity contribution in [3.8, 4) is 11.5 Å². The average molecular weight is 399 g/mol. The number of benzene rings is 2. The van der Waals surface area contributed by atoms with Crippen molar-refractivity contribution in [1.82, 2.24) is 4.98 Å². The summed E-state index contributed by atoms with van der Waals surface area (Å²) in [7, 11) is 4.23. The van der Waals surface area contributed by atoms with Crippen LogP contribution in [-0.4, -0.2) is 51.3 Å². The van der Waals surface area contributed by atoms with Crippen LogP contribution in [0.25, 0.3) is 10.2 Å². The fraction of sp³-hybridized carbons (Fsp3) is 0.333. The molecule has 0 saturated carbocycles. The Labute approximate surface area is 168 Å². The van der Waals surface area contributed by atoms with Gasteiger partial charge in [0.25, 0.3) is 5.91 Å². The van der Waals surface area contributed by atoms with Crippen molar-refractivity contribution in [2.75, 3.05) is 45.3 Å². The molecule has 0 spiro atoms. The van der Waals surface area contributed by atoms with E-state index in [0.717, 1.165) is 28.9 Å². The van der Waals surface area contributed by atoms with Gasteiger partial charge >= 0.3 is 0 Å². The molecule has 4 rings (SSSR count). The standard InChI is InChI=1S/C21H23N3O3S/c1-23(2)9-6-10-24(20(25)15-7-4-3-5-8-15)21-22-16-13-17-18(14-19(16)28-21)27-12-11-26-17/h3-5,7-8,13-14H,6,9-12H2,1-2H3/p+1. The fourth-order valence-corrected chi connectivity index (χ4v) is 4.18. The molecule has 1 aromatic heterocycles. The van der Waals surface area contributed by atoms with Crippen molar-refractivity contribution >= 4 is 32.6 Å². The van der Waals surface area contributed by atoms with E-state index in [1.165, 1.54) is 16.2 Å². The van der Waals surface area contributed by atoms with Crippen molar-refractivity contribution < 1.29 is 19.2 Å². The number of hydrogen-bond donors (Lipinski definition) is 1. The predicted octanol–water partition coefficient (Wildman–Crippen LogP) is 2.25. The van der Waals surface area contributed by atoms with Crippen molar-refractivity contribution in [3.05, 3.63) is 48.0 Å². The molecular formula is C21H24N3O3S+. The number of rotatable bonds is 6. The largest absolute Gasteiger partial charge is 0.486 e. The normalized spacial score (nSPS) is 13.1. The van der Waals surface area contributed by atoms with Gasteiger partial charge in [0, 0.05) is 30.7 Å². The molecule has 7 heteroatoms. The third-order valence-corrected chi connectivity index (χ3v) is 5.64. The van der Waals surface area contributed by atoms with Gasteiger partial charge in [0.15, 0.2) is 16.6 Å². The van der Waals surface area contributed by atoms with E-state index in [2.05, 4.69) is 14.1 Å². The number of hydrogen-bond acceptors (Lipinski definition) is 5. The van der Waals surface area contributed by atoms with E-state index in [4.69, 9.17) is 14.5 Å². The number of fused-ring (bicyclic) bond motifs is 2. The number of aromatic nitrogens is 1. The van der Waals surface area contributed by atoms with E-state index in [9.17, 15) is 4.79 Å². The lowest BCUT2D eigenvalue weighted by Crippen LogP contribution is -3.05. The lowest BCUT2D eigenvalue weighted by Gasteiger charge is -2.20. The van der Waals surface area contributed by atoms with Gasteiger partial charge in [0.05, 0.1) is 30.9 Å². The number of nitrogens with one attached hydrogen (secondary N) is 1. The first-order valence-electron chi connectivity index (χ1n) is 9.48. The van der Waals surface area contributed by atoms with E-state index in [1.807, 2.05) is 42.5 Å². The molecule has 6 nitrogen and oxygen atoms in total. The maximum atomic E-state index is 13.2. The van der Waals surface area contributed by atoms with Crippen LogP contribution in [0.2, 0.25) is 0 Å². The number of carbonyl (C=O) groups excluding carboxylic acids is 1. The summed E-state index contributed by atoms with van der Waals surface area (Å²) in [6, 6.07) is 13.2. The van der Waals surface area contributed by atoms with Crippen LogP contribution < -0.4 is 19.3 Å². The Bertz CT molecular complexity index is 929. The lowest BCUT2D eigenvalue weighted by atomic mass is 10.2. The van der Waals surface area contributed by atoms with Gasteiger partial charge in [-0.25, -0.2) is 4.98 Å². The minimum Gasteiger partial charge on any atom is -0.486 e. The molecule has 2 aromatic carbocycles. The number of anilines is 1. The molecule has 1 aliphatic rings. The highest BCUT2D eigenvalue weighted by Gasteiger charge is 2.23. The zero-order valence-electron chi connectivity index (χ0n) is 16.1. The minimum absolute atomic E-state index is 0.0225. The Morgan fingerprint density at radius 3 is 2.57 bits per heavy atom. The van der Waals surface area contributed by atoms with Crippen molar-refractivity contribution in [2.45, 2.75) is 6.42 Å². The van der Waals surface area contributed by atoms with E-state index in [1.54, 1.807) is 4.90 Å². The Morgan fingerprint density at radius 2 is 1.86 bits per heavy atom. The molecule has 2 heterocycles. The first kappa shape index (κ1) is 18.7. The number of carbonyl (C=O) groups is 1. The molecule has 0 unspecified atom stereocenters. The molecule has 1 N–H and O–H groups in total. The van der Waals surface area contributed by atoms with Gasteiger partial charge in [-0.3, -0.25) is 9.69 Å². The van der Waals surface area contributed by atoms with Gasteiger partial charge in [-0.15, -0.1) is 0 Å². The van der Waals surface area contributed by atoms with E-state index in [0.29, 0.717) is 36.2 Å². The van der Waals surface area contributed by atoms with Gasteiger partial charge < -0.3 is 14.4 Å². The fourth-order valence-electron chi connectivity index (χ4n) is 3.18. The van der Waals surface area contributed by atoms with Crippen LogP contribution >= 0.6 is 11.3 Å². The Kier molecular flexibility index (Phi) is 5.45. The topological polar surface area (TPSA) is 56.1 Å². The molecule has 3 aromatic rings. The van der Waals surface area contributed by atoms with Gasteiger partial charge in [0.1, 0.15) is 13.2 Å². The van der Waals surface area contributed by atoms with Crippen LogP contribution in [0.5, 0.6) is 11.5 Å². The number of ether oxygens (including phenoxy) is 2. The van der Waals surface area contributed by atoms with E-state index in [-0.39, 0.29) is 5.91 Å². The van der Waals surface area contributed by atoms with Crippen molar-refractivity contribution in [1.29, 1.82) is 0 Å². The highest BCUT2D eigenvalue weighted by atomic mass is 32.1. The highest BCUT2D eigenvalue weighted by molar-refractivity contribution is 7.22. The molecule has 0 bridgehead atoms. The Morgan fingerprint density at radius 1 is 1.14 bits per heavy atom. The second-order valence-corrected chi connectivity index (χ2v) is 8.10. The summed E-state index contributed by atoms with van der Waals surface area (Å²) in [6.07, 6.45) is 0.902. The second kappa shape index (κ2) is 8.16. The zero-order valence-corrected chi connectivity index (χ0v) is 16.9. The smallest absolute Gasteiger partial charge is 0.260 e. The maximum Gasteiger partial charge on any atom is 0.260 e. The summed E-state index contributed by atoms with van der Waals surface area (Å²) in [6.45, 7) is 2.71. The van der Waals surface area contributed by atoms with Gasteiger partial charge in [-0.1, -0.05) is 29.5 Å². The third kappa shape index (κ3) is 3.95. The summed E-state index contributed by atoms with van der Waals surface area (Å²) < 4.78 is 12.3. The summed E-state index contributed by atoms with van der Waals surface area (Å²) in [4.78, 5) is 21.1. The summed E-state index contributed by atoms with van der Waals surface area (Å²) in [5.74, 6) is 1.43. The molecule has 1 aliphatic heterocycles. The van der Waals surface area contributed by atoms with Crippen LogP contribution in [0.3, 0.4) is 0 Å². The molecule has 1 amide bonds. The van der Waals surface area contributed by atoms with Crippen LogP contribution in [0.4, 0.5) is 5.13 Å². The number of quaternary nitrogens is 1. The summed E-state index contributed by atoms with van der Waals surface area (Å²) >= 11 is 1.51. The molecule has 146 valence electrons. The molecule has 0 atom stereocenters. The molecule has 0 radical (unpaired) electrons. The SMILES string of the molecule is C[NH+](C)CCCN(C(=O)c1ccccc1)c1nc2cc3c(cc2s1)OCCO3. The van der Waals surface area contributed by atoms with Crippen molar-refractivity contribution in [2.24, 2.45) is 0 Å². The summed E-state index contributed by atoms with van der Waals surface area (Å²) in [5.41, 5.74) is 1.50. The van der Waals surface area contributed by atoms with Crippen molar-refractivity contribution in [3.63, 3.8) is 0 Å². The minimum atomic E-state index is -0.0225. The Hall–Kier alpha value is -2.64. The second-order valence-electron chi connectivity index (χ2n) is 7.09. The number of amides is 1. The van der Waals surface area contributed by atoms with Crippen LogP contribution in [0.15, 0.2) is 42.5 Å². The van der Waals surface area contributed by atoms with Crippen LogP contribution in [0, 0.1) is 0 Å². The molecular weight excluding hydrogens is 374 g/mol. The average Bonchev–Trinajstić information content (AvgIpc) is 3.11. The molecule has 0 aliphatic carbocycles. The van der Waals surface area contributed by atoms with Gasteiger partial charge in [-0.2, -0.15) is 0 Å². The van der Waals surface area contributed by atoms with Crippen LogP contribution in [-0.2, 0) is 0 Å². The maximum absolute atomic E-state index is 13.2. The lowest BCUT2D eigenvalue weighted by molar-refractivity contribution is -0.858. The van der Waals surface area contributed by atoms with Crippen LogP contribution in [0.1, 0.15) is 16.8 Å². The third-order valence-electron chi connectivity index (χ3n) is 4.60. The molecule has 0 saturated heterocycles. The van der Waals surface area contributed by atoms with E-state index >= 15 is 0 Å². The number of thiazole rings is 1. The van der Waals surface area contributed by atoms with Gasteiger partial charge in [-0.05, 0) is 12.1 Å². The molecule has 0 fully saturated rings. The first-order valence-corrected chi connectivity index (χ1v) is 10.3. The van der Waals surface area contributed by atoms with E-state index < -0.39 is 0 Å². The first-order chi connectivity index (χ1) is 13.6. The van der Waals surface area contributed by atoms with Gasteiger partial charge in [0.2, 0.25) is 0 Å². The molecule has 28 heavy (non-hydrogen) atoms. The highest BCUT2D eigenvalue weighted by Crippen LogP contribution is 2.39. The predicted molar refractivity (Wildman–Crippen MR) is 111 cm³/mol. The Balaban J connectivity index is 1.67. The zero-order chi connectivity index (χ0) is 19.5.